The molecule has 1 aliphatic rings. The van der Waals surface area contributed by atoms with Crippen LogP contribution in [0.25, 0.3) is 0 Å². The second-order valence-corrected chi connectivity index (χ2v) is 7.15. The van der Waals surface area contributed by atoms with Gasteiger partial charge in [0.25, 0.3) is 0 Å². The van der Waals surface area contributed by atoms with Crippen LogP contribution in [-0.4, -0.2) is 55.7 Å². The third-order valence-corrected chi connectivity index (χ3v) is 4.80. The zero-order valence-electron chi connectivity index (χ0n) is 17.2. The Hall–Kier alpha value is -1.29. The fourth-order valence-corrected chi connectivity index (χ4v) is 3.20. The topological polar surface area (TPSA) is 79.1 Å². The van der Waals surface area contributed by atoms with Crippen molar-refractivity contribution in [3.8, 4) is 0 Å². The third kappa shape index (κ3) is 6.38. The van der Waals surface area contributed by atoms with E-state index in [2.05, 4.69) is 41.3 Å². The van der Waals surface area contributed by atoms with Crippen molar-refractivity contribution in [2.24, 2.45) is 10.9 Å². The van der Waals surface area contributed by atoms with E-state index >= 15 is 0 Å². The SMILES string of the molecule is CCNC(=NCc1cc(C(=O)OC)c(C)o1)NC1CN(C(C)C)CC1C.I. The number of likely N-dealkylation sites (tertiary alicyclic amines) is 1. The first-order valence-corrected chi connectivity index (χ1v) is 9.32. The fourth-order valence-electron chi connectivity index (χ4n) is 3.20. The lowest BCUT2D eigenvalue weighted by atomic mass is 10.1. The lowest BCUT2D eigenvalue weighted by molar-refractivity contribution is 0.0599. The molecule has 2 heterocycles. The summed E-state index contributed by atoms with van der Waals surface area (Å²) in [6, 6.07) is 2.61. The minimum Gasteiger partial charge on any atom is -0.465 e. The van der Waals surface area contributed by atoms with Crippen LogP contribution in [0.2, 0.25) is 0 Å². The van der Waals surface area contributed by atoms with Crippen LogP contribution >= 0.6 is 24.0 Å². The number of nitrogens with zero attached hydrogens (tertiary/aromatic N) is 2. The van der Waals surface area contributed by atoms with Crippen molar-refractivity contribution < 1.29 is 13.9 Å². The summed E-state index contributed by atoms with van der Waals surface area (Å²) in [7, 11) is 1.36. The van der Waals surface area contributed by atoms with Crippen LogP contribution in [0.4, 0.5) is 0 Å². The Morgan fingerprint density at radius 2 is 2.15 bits per heavy atom. The summed E-state index contributed by atoms with van der Waals surface area (Å²) in [4.78, 5) is 18.8. The Balaban J connectivity index is 0.00000364. The highest BCUT2D eigenvalue weighted by atomic mass is 127. The fraction of sp³-hybridized carbons (Fsp3) is 0.684. The molecule has 1 aliphatic heterocycles. The lowest BCUT2D eigenvalue weighted by Gasteiger charge is -2.21. The normalized spacial score (nSPS) is 20.5. The second kappa shape index (κ2) is 10.9. The van der Waals surface area contributed by atoms with Crippen LogP contribution in [0.15, 0.2) is 15.5 Å². The number of halogens is 1. The van der Waals surface area contributed by atoms with Gasteiger partial charge in [-0.05, 0) is 39.7 Å². The minimum atomic E-state index is -0.389. The molecule has 2 atom stereocenters. The number of furan rings is 1. The molecule has 27 heavy (non-hydrogen) atoms. The molecule has 0 aromatic carbocycles. The Morgan fingerprint density at radius 3 is 2.70 bits per heavy atom. The summed E-state index contributed by atoms with van der Waals surface area (Å²) in [6.45, 7) is 13.8. The number of ether oxygens (including phenoxy) is 1. The van der Waals surface area contributed by atoms with Gasteiger partial charge in [-0.25, -0.2) is 9.79 Å². The van der Waals surface area contributed by atoms with E-state index in [0.717, 1.165) is 25.6 Å². The zero-order chi connectivity index (χ0) is 19.3. The van der Waals surface area contributed by atoms with Crippen LogP contribution in [0.3, 0.4) is 0 Å². The van der Waals surface area contributed by atoms with Gasteiger partial charge in [0.15, 0.2) is 5.96 Å². The molecular weight excluding hydrogens is 459 g/mol. The number of nitrogens with one attached hydrogen (secondary N) is 2. The first kappa shape index (κ1) is 23.7. The molecule has 1 saturated heterocycles. The van der Waals surface area contributed by atoms with Crippen LogP contribution in [-0.2, 0) is 11.3 Å². The molecule has 1 aromatic heterocycles. The predicted octanol–water partition coefficient (Wildman–Crippen LogP) is 2.78. The molecule has 0 amide bonds. The van der Waals surface area contributed by atoms with Crippen molar-refractivity contribution in [1.29, 1.82) is 0 Å². The average molecular weight is 492 g/mol. The third-order valence-electron chi connectivity index (χ3n) is 4.80. The van der Waals surface area contributed by atoms with Gasteiger partial charge in [0.05, 0.1) is 7.11 Å². The highest BCUT2D eigenvalue weighted by molar-refractivity contribution is 14.0. The maximum atomic E-state index is 11.7. The molecule has 0 spiro atoms. The van der Waals surface area contributed by atoms with E-state index in [9.17, 15) is 4.79 Å². The molecule has 0 bridgehead atoms. The largest absolute Gasteiger partial charge is 0.465 e. The molecule has 154 valence electrons. The zero-order valence-corrected chi connectivity index (χ0v) is 19.5. The van der Waals surface area contributed by atoms with Gasteiger partial charge in [-0.3, -0.25) is 4.90 Å². The first-order valence-electron chi connectivity index (χ1n) is 9.32. The van der Waals surface area contributed by atoms with Gasteiger partial charge in [0, 0.05) is 31.7 Å². The number of aliphatic imine (C=N–C) groups is 1. The first-order chi connectivity index (χ1) is 12.3. The highest BCUT2D eigenvalue weighted by Crippen LogP contribution is 2.19. The number of carbonyl (C=O) groups excluding carboxylic acids is 1. The van der Waals surface area contributed by atoms with E-state index in [4.69, 9.17) is 9.15 Å². The summed E-state index contributed by atoms with van der Waals surface area (Å²) in [6.07, 6.45) is 0. The van der Waals surface area contributed by atoms with E-state index in [1.54, 1.807) is 13.0 Å². The van der Waals surface area contributed by atoms with Crippen LogP contribution in [0.5, 0.6) is 0 Å². The van der Waals surface area contributed by atoms with Gasteiger partial charge in [-0.1, -0.05) is 6.92 Å². The van der Waals surface area contributed by atoms with Crippen LogP contribution in [0.1, 0.15) is 49.6 Å². The maximum Gasteiger partial charge on any atom is 0.341 e. The number of hydrogen-bond donors (Lipinski definition) is 2. The summed E-state index contributed by atoms with van der Waals surface area (Å²) >= 11 is 0. The summed E-state index contributed by atoms with van der Waals surface area (Å²) < 4.78 is 10.4. The number of aryl methyl sites for hydroxylation is 1. The van der Waals surface area contributed by atoms with E-state index in [-0.39, 0.29) is 29.9 Å². The maximum absolute atomic E-state index is 11.7. The van der Waals surface area contributed by atoms with E-state index < -0.39 is 0 Å². The number of rotatable bonds is 6. The molecule has 0 aliphatic carbocycles. The molecule has 8 heteroatoms. The second-order valence-electron chi connectivity index (χ2n) is 7.15. The number of esters is 1. The molecule has 0 saturated carbocycles. The van der Waals surface area contributed by atoms with Gasteiger partial charge in [-0.2, -0.15) is 0 Å². The van der Waals surface area contributed by atoms with Gasteiger partial charge >= 0.3 is 5.97 Å². The Labute approximate surface area is 179 Å². The van der Waals surface area contributed by atoms with Gasteiger partial charge in [0.1, 0.15) is 23.6 Å². The van der Waals surface area contributed by atoms with Crippen molar-refractivity contribution in [3.63, 3.8) is 0 Å². The molecule has 2 N–H and O–H groups in total. The summed E-state index contributed by atoms with van der Waals surface area (Å²) in [5.41, 5.74) is 0.452. The van der Waals surface area contributed by atoms with Crippen molar-refractivity contribution in [2.45, 2.75) is 53.2 Å². The Bertz CT molecular complexity index is 645. The summed E-state index contributed by atoms with van der Waals surface area (Å²) in [5.74, 6) is 2.13. The minimum absolute atomic E-state index is 0. The average Bonchev–Trinajstić information content (AvgIpc) is 3.15. The Kier molecular flexibility index (Phi) is 9.58. The molecule has 1 aromatic rings. The highest BCUT2D eigenvalue weighted by Gasteiger charge is 2.31. The van der Waals surface area contributed by atoms with Gasteiger partial charge in [-0.15, -0.1) is 24.0 Å². The lowest BCUT2D eigenvalue weighted by Crippen LogP contribution is -2.46. The van der Waals surface area contributed by atoms with Crippen molar-refractivity contribution in [3.05, 3.63) is 23.2 Å². The Morgan fingerprint density at radius 1 is 1.44 bits per heavy atom. The molecule has 0 radical (unpaired) electrons. The molecule has 7 nitrogen and oxygen atoms in total. The van der Waals surface area contributed by atoms with Gasteiger partial charge < -0.3 is 19.8 Å². The van der Waals surface area contributed by atoms with Crippen molar-refractivity contribution in [2.75, 3.05) is 26.7 Å². The van der Waals surface area contributed by atoms with E-state index in [0.29, 0.717) is 41.6 Å². The summed E-state index contributed by atoms with van der Waals surface area (Å²) in [5, 5.41) is 6.83. The van der Waals surface area contributed by atoms with Crippen LogP contribution < -0.4 is 10.6 Å². The predicted molar refractivity (Wildman–Crippen MR) is 118 cm³/mol. The monoisotopic (exact) mass is 492 g/mol. The number of guanidine groups is 1. The van der Waals surface area contributed by atoms with E-state index in [1.807, 2.05) is 6.92 Å². The number of methoxy groups -OCH3 is 1. The van der Waals surface area contributed by atoms with Gasteiger partial charge in [0.2, 0.25) is 0 Å². The van der Waals surface area contributed by atoms with Crippen LogP contribution in [0, 0.1) is 12.8 Å². The molecule has 1 fully saturated rings. The number of hydrogen-bond acceptors (Lipinski definition) is 5. The number of carbonyl (C=O) groups is 1. The quantitative estimate of drug-likeness (QED) is 0.275. The smallest absolute Gasteiger partial charge is 0.341 e. The van der Waals surface area contributed by atoms with Crippen molar-refractivity contribution in [1.82, 2.24) is 15.5 Å². The standard InChI is InChI=1S/C19H32N4O3.HI/c1-7-20-19(22-17-11-23(12(2)3)10-13(17)4)21-9-15-8-16(14(5)26-15)18(24)25-6;/h8,12-13,17H,7,9-11H2,1-6H3,(H2,20,21,22);1H. The van der Waals surface area contributed by atoms with Crippen molar-refractivity contribution >= 4 is 35.9 Å². The molecular formula is C19H33IN4O3. The van der Waals surface area contributed by atoms with E-state index in [1.165, 1.54) is 7.11 Å². The molecule has 2 unspecified atom stereocenters. The molecule has 2 rings (SSSR count).